The van der Waals surface area contributed by atoms with Crippen LogP contribution in [0.25, 0.3) is 0 Å². The number of rotatable bonds is 3. The van der Waals surface area contributed by atoms with Crippen LogP contribution in [-0.2, 0) is 0 Å². The smallest absolute Gasteiger partial charge is 0.0994 e. The number of nitriles is 1. The maximum absolute atomic E-state index is 8.92. The van der Waals surface area contributed by atoms with Crippen LogP contribution >= 0.6 is 0 Å². The molecule has 3 heteroatoms. The molecule has 2 rings (SSSR count). The quantitative estimate of drug-likeness (QED) is 0.819. The molecule has 2 aromatic rings. The van der Waals surface area contributed by atoms with Crippen molar-refractivity contribution in [2.45, 2.75) is 19.9 Å². The first-order chi connectivity index (χ1) is 9.11. The maximum Gasteiger partial charge on any atom is 0.0994 e. The molecular formula is C16H17N3. The highest BCUT2D eigenvalue weighted by Gasteiger charge is 2.08. The van der Waals surface area contributed by atoms with Gasteiger partial charge in [0.25, 0.3) is 0 Å². The molecule has 1 unspecified atom stereocenters. The van der Waals surface area contributed by atoms with Gasteiger partial charge in [-0.2, -0.15) is 5.26 Å². The third-order valence-electron chi connectivity index (χ3n) is 3.19. The molecule has 0 bridgehead atoms. The lowest BCUT2D eigenvalue weighted by molar-refractivity contribution is 0.887. The highest BCUT2D eigenvalue weighted by Crippen LogP contribution is 2.24. The second-order valence-corrected chi connectivity index (χ2v) is 4.64. The molecule has 0 aliphatic rings. The summed E-state index contributed by atoms with van der Waals surface area (Å²) >= 11 is 0. The average molecular weight is 251 g/mol. The normalized spacial score (nSPS) is 11.6. The van der Waals surface area contributed by atoms with Crippen LogP contribution < -0.4 is 11.1 Å². The molecule has 0 aliphatic carbocycles. The molecule has 3 N–H and O–H groups in total. The molecular weight excluding hydrogens is 234 g/mol. The van der Waals surface area contributed by atoms with Crippen molar-refractivity contribution >= 4 is 11.4 Å². The summed E-state index contributed by atoms with van der Waals surface area (Å²) in [7, 11) is 0. The fraction of sp³-hybridized carbons (Fsp3) is 0.188. The average Bonchev–Trinajstić information content (AvgIpc) is 2.39. The molecule has 0 heterocycles. The SMILES string of the molecule is Cc1cc(NC(C)c2ccccc2N)ccc1C#N. The van der Waals surface area contributed by atoms with Gasteiger partial charge in [0, 0.05) is 11.4 Å². The van der Waals surface area contributed by atoms with Gasteiger partial charge in [0.05, 0.1) is 17.7 Å². The van der Waals surface area contributed by atoms with E-state index in [2.05, 4.69) is 18.3 Å². The molecule has 0 aliphatic heterocycles. The number of hydrogen-bond acceptors (Lipinski definition) is 3. The van der Waals surface area contributed by atoms with Gasteiger partial charge in [0.1, 0.15) is 0 Å². The minimum atomic E-state index is 0.119. The van der Waals surface area contributed by atoms with Crippen LogP contribution in [0.5, 0.6) is 0 Å². The summed E-state index contributed by atoms with van der Waals surface area (Å²) in [5.74, 6) is 0. The van der Waals surface area contributed by atoms with E-state index in [4.69, 9.17) is 11.0 Å². The highest BCUT2D eigenvalue weighted by molar-refractivity contribution is 5.55. The molecule has 96 valence electrons. The van der Waals surface area contributed by atoms with Crippen LogP contribution in [0.1, 0.15) is 29.7 Å². The molecule has 0 aromatic heterocycles. The molecule has 0 amide bonds. The topological polar surface area (TPSA) is 61.8 Å². The number of hydrogen-bond donors (Lipinski definition) is 2. The Morgan fingerprint density at radius 3 is 2.58 bits per heavy atom. The molecule has 0 spiro atoms. The Bertz CT molecular complexity index is 626. The van der Waals surface area contributed by atoms with Crippen molar-refractivity contribution < 1.29 is 0 Å². The molecule has 3 nitrogen and oxygen atoms in total. The van der Waals surface area contributed by atoms with Crippen molar-refractivity contribution in [3.05, 3.63) is 59.2 Å². The number of anilines is 2. The first kappa shape index (κ1) is 13.0. The Morgan fingerprint density at radius 2 is 1.95 bits per heavy atom. The monoisotopic (exact) mass is 251 g/mol. The lowest BCUT2D eigenvalue weighted by Crippen LogP contribution is -2.09. The van der Waals surface area contributed by atoms with E-state index in [0.717, 1.165) is 22.5 Å². The summed E-state index contributed by atoms with van der Waals surface area (Å²) in [6.07, 6.45) is 0. The predicted octanol–water partition coefficient (Wildman–Crippen LogP) is 3.62. The zero-order valence-electron chi connectivity index (χ0n) is 11.1. The molecule has 19 heavy (non-hydrogen) atoms. The van der Waals surface area contributed by atoms with Crippen molar-refractivity contribution in [3.63, 3.8) is 0 Å². The largest absolute Gasteiger partial charge is 0.398 e. The summed E-state index contributed by atoms with van der Waals surface area (Å²) in [4.78, 5) is 0. The zero-order valence-corrected chi connectivity index (χ0v) is 11.1. The van der Waals surface area contributed by atoms with Crippen LogP contribution in [0.3, 0.4) is 0 Å². The Hall–Kier alpha value is -2.47. The first-order valence-corrected chi connectivity index (χ1v) is 6.23. The first-order valence-electron chi connectivity index (χ1n) is 6.23. The van der Waals surface area contributed by atoms with Gasteiger partial charge in [-0.05, 0) is 49.2 Å². The lowest BCUT2D eigenvalue weighted by atomic mass is 10.0. The fourth-order valence-electron chi connectivity index (χ4n) is 2.11. The highest BCUT2D eigenvalue weighted by atomic mass is 14.9. The van der Waals surface area contributed by atoms with Gasteiger partial charge in [-0.3, -0.25) is 0 Å². The van der Waals surface area contributed by atoms with Gasteiger partial charge < -0.3 is 11.1 Å². The van der Waals surface area contributed by atoms with Crippen LogP contribution in [0.15, 0.2) is 42.5 Å². The lowest BCUT2D eigenvalue weighted by Gasteiger charge is -2.18. The van der Waals surface area contributed by atoms with Crippen molar-refractivity contribution in [3.8, 4) is 6.07 Å². The van der Waals surface area contributed by atoms with E-state index >= 15 is 0 Å². The van der Waals surface area contributed by atoms with Crippen molar-refractivity contribution in [1.82, 2.24) is 0 Å². The van der Waals surface area contributed by atoms with E-state index in [-0.39, 0.29) is 6.04 Å². The number of para-hydroxylation sites is 1. The van der Waals surface area contributed by atoms with Gasteiger partial charge in [-0.15, -0.1) is 0 Å². The molecule has 0 fully saturated rings. The zero-order chi connectivity index (χ0) is 13.8. The van der Waals surface area contributed by atoms with Crippen LogP contribution in [0, 0.1) is 18.3 Å². The van der Waals surface area contributed by atoms with E-state index in [0.29, 0.717) is 5.56 Å². The Kier molecular flexibility index (Phi) is 3.72. The van der Waals surface area contributed by atoms with Crippen LogP contribution in [0.2, 0.25) is 0 Å². The maximum atomic E-state index is 8.92. The third kappa shape index (κ3) is 2.86. The van der Waals surface area contributed by atoms with Crippen molar-refractivity contribution in [1.29, 1.82) is 5.26 Å². The standard InChI is InChI=1S/C16H17N3/c1-11-9-14(8-7-13(11)10-17)19-12(2)15-5-3-4-6-16(15)18/h3-9,12,19H,18H2,1-2H3. The number of nitrogens with zero attached hydrogens (tertiary/aromatic N) is 1. The number of benzene rings is 2. The third-order valence-corrected chi connectivity index (χ3v) is 3.19. The Labute approximate surface area is 113 Å². The fourth-order valence-corrected chi connectivity index (χ4v) is 2.11. The molecule has 0 saturated carbocycles. The minimum absolute atomic E-state index is 0.119. The van der Waals surface area contributed by atoms with Gasteiger partial charge in [-0.1, -0.05) is 18.2 Å². The van der Waals surface area contributed by atoms with Gasteiger partial charge >= 0.3 is 0 Å². The summed E-state index contributed by atoms with van der Waals surface area (Å²) in [6, 6.07) is 15.8. The summed E-state index contributed by atoms with van der Waals surface area (Å²) in [5, 5.41) is 12.3. The van der Waals surface area contributed by atoms with Crippen molar-refractivity contribution in [2.24, 2.45) is 0 Å². The van der Waals surface area contributed by atoms with E-state index in [9.17, 15) is 0 Å². The number of aryl methyl sites for hydroxylation is 1. The van der Waals surface area contributed by atoms with Crippen molar-refractivity contribution in [2.75, 3.05) is 11.1 Å². The number of nitrogens with two attached hydrogens (primary N) is 1. The van der Waals surface area contributed by atoms with Gasteiger partial charge in [-0.25, -0.2) is 0 Å². The van der Waals surface area contributed by atoms with Gasteiger partial charge in [0.15, 0.2) is 0 Å². The summed E-state index contributed by atoms with van der Waals surface area (Å²) in [5.41, 5.74) is 10.5. The van der Waals surface area contributed by atoms with E-state index in [1.54, 1.807) is 0 Å². The Balaban J connectivity index is 2.20. The number of nitrogen functional groups attached to an aromatic ring is 1. The van der Waals surface area contributed by atoms with E-state index in [1.165, 1.54) is 0 Å². The number of nitrogens with one attached hydrogen (secondary N) is 1. The van der Waals surface area contributed by atoms with E-state index in [1.807, 2.05) is 49.4 Å². The Morgan fingerprint density at radius 1 is 1.21 bits per heavy atom. The molecule has 1 atom stereocenters. The minimum Gasteiger partial charge on any atom is -0.398 e. The predicted molar refractivity (Wildman–Crippen MR) is 78.8 cm³/mol. The molecule has 0 radical (unpaired) electrons. The molecule has 2 aromatic carbocycles. The van der Waals surface area contributed by atoms with E-state index < -0.39 is 0 Å². The molecule has 0 saturated heterocycles. The second kappa shape index (κ2) is 5.45. The van der Waals surface area contributed by atoms with Crippen LogP contribution in [-0.4, -0.2) is 0 Å². The summed E-state index contributed by atoms with van der Waals surface area (Å²) in [6.45, 7) is 4.00. The summed E-state index contributed by atoms with van der Waals surface area (Å²) < 4.78 is 0. The van der Waals surface area contributed by atoms with Gasteiger partial charge in [0.2, 0.25) is 0 Å². The second-order valence-electron chi connectivity index (χ2n) is 4.64. The van der Waals surface area contributed by atoms with Crippen LogP contribution in [0.4, 0.5) is 11.4 Å².